The molecule has 2 aromatic carbocycles. The van der Waals surface area contributed by atoms with Gasteiger partial charge < -0.3 is 4.90 Å². The third-order valence-corrected chi connectivity index (χ3v) is 4.85. The maximum atomic E-state index is 4.82. The van der Waals surface area contributed by atoms with E-state index < -0.39 is 0 Å². The number of fused-ring (bicyclic) bond motifs is 1. The molecule has 0 amide bonds. The Labute approximate surface area is 139 Å². The Bertz CT molecular complexity index is 675. The van der Waals surface area contributed by atoms with Gasteiger partial charge in [-0.1, -0.05) is 43.3 Å². The minimum absolute atomic E-state index is 0.438. The van der Waals surface area contributed by atoms with Crippen LogP contribution >= 0.6 is 0 Å². The van der Waals surface area contributed by atoms with Gasteiger partial charge in [0.15, 0.2) is 0 Å². The zero-order valence-electron chi connectivity index (χ0n) is 14.4. The van der Waals surface area contributed by atoms with Crippen LogP contribution in [0.5, 0.6) is 0 Å². The SMILES string of the molecule is CC1CCc2c(/N=C/[C@H](C)Cc3ccccc3)cccc2N1C. The molecule has 1 aliphatic rings. The fraction of sp³-hybridized carbons (Fsp3) is 0.381. The van der Waals surface area contributed by atoms with Gasteiger partial charge in [-0.3, -0.25) is 4.99 Å². The van der Waals surface area contributed by atoms with Gasteiger partial charge in [0.2, 0.25) is 0 Å². The van der Waals surface area contributed by atoms with Crippen LogP contribution in [0.1, 0.15) is 31.4 Å². The fourth-order valence-corrected chi connectivity index (χ4v) is 3.30. The second-order valence-corrected chi connectivity index (χ2v) is 6.72. The molecule has 23 heavy (non-hydrogen) atoms. The number of hydrogen-bond donors (Lipinski definition) is 0. The Morgan fingerprint density at radius 3 is 2.74 bits per heavy atom. The van der Waals surface area contributed by atoms with E-state index in [9.17, 15) is 0 Å². The van der Waals surface area contributed by atoms with Gasteiger partial charge in [-0.2, -0.15) is 0 Å². The Balaban J connectivity index is 1.75. The molecule has 2 nitrogen and oxygen atoms in total. The molecule has 2 aromatic rings. The number of rotatable bonds is 4. The summed E-state index contributed by atoms with van der Waals surface area (Å²) in [5.41, 5.74) is 5.25. The number of nitrogens with zero attached hydrogens (tertiary/aromatic N) is 2. The molecule has 120 valence electrons. The summed E-state index contributed by atoms with van der Waals surface area (Å²) in [6, 6.07) is 17.7. The number of hydrogen-bond acceptors (Lipinski definition) is 2. The predicted octanol–water partition coefficient (Wildman–Crippen LogP) is 5.04. The lowest BCUT2D eigenvalue weighted by molar-refractivity contribution is 0.599. The van der Waals surface area contributed by atoms with Crippen molar-refractivity contribution < 1.29 is 0 Å². The highest BCUT2D eigenvalue weighted by Gasteiger charge is 2.21. The lowest BCUT2D eigenvalue weighted by atomic mass is 9.95. The first-order valence-corrected chi connectivity index (χ1v) is 8.58. The highest BCUT2D eigenvalue weighted by molar-refractivity contribution is 5.72. The molecule has 0 spiro atoms. The van der Waals surface area contributed by atoms with Crippen LogP contribution in [0.2, 0.25) is 0 Å². The Morgan fingerprint density at radius 1 is 1.17 bits per heavy atom. The lowest BCUT2D eigenvalue weighted by Crippen LogP contribution is -2.33. The topological polar surface area (TPSA) is 15.6 Å². The highest BCUT2D eigenvalue weighted by Crippen LogP contribution is 2.35. The van der Waals surface area contributed by atoms with Gasteiger partial charge in [-0.05, 0) is 49.8 Å². The van der Waals surface area contributed by atoms with Gasteiger partial charge in [0.25, 0.3) is 0 Å². The van der Waals surface area contributed by atoms with E-state index in [1.54, 1.807) is 0 Å². The minimum atomic E-state index is 0.438. The van der Waals surface area contributed by atoms with E-state index in [4.69, 9.17) is 4.99 Å². The van der Waals surface area contributed by atoms with Crippen LogP contribution in [0.25, 0.3) is 0 Å². The molecule has 0 aliphatic carbocycles. The molecule has 1 unspecified atom stereocenters. The van der Waals surface area contributed by atoms with Crippen molar-refractivity contribution in [3.8, 4) is 0 Å². The van der Waals surface area contributed by atoms with Gasteiger partial charge in [-0.25, -0.2) is 0 Å². The summed E-state index contributed by atoms with van der Waals surface area (Å²) in [5, 5.41) is 0. The summed E-state index contributed by atoms with van der Waals surface area (Å²) in [7, 11) is 2.19. The van der Waals surface area contributed by atoms with Gasteiger partial charge >= 0.3 is 0 Å². The Morgan fingerprint density at radius 2 is 1.96 bits per heavy atom. The van der Waals surface area contributed by atoms with Crippen LogP contribution < -0.4 is 4.90 Å². The zero-order valence-corrected chi connectivity index (χ0v) is 14.4. The second kappa shape index (κ2) is 6.99. The van der Waals surface area contributed by atoms with Crippen LogP contribution in [0.3, 0.4) is 0 Å². The van der Waals surface area contributed by atoms with E-state index in [1.807, 2.05) is 0 Å². The van der Waals surface area contributed by atoms with Crippen molar-refractivity contribution in [1.29, 1.82) is 0 Å². The molecule has 1 heterocycles. The van der Waals surface area contributed by atoms with Crippen LogP contribution in [-0.2, 0) is 12.8 Å². The maximum Gasteiger partial charge on any atom is 0.0678 e. The molecule has 0 aromatic heterocycles. The average Bonchev–Trinajstić information content (AvgIpc) is 2.57. The summed E-state index contributed by atoms with van der Waals surface area (Å²) in [6.45, 7) is 4.53. The van der Waals surface area contributed by atoms with Gasteiger partial charge in [0.1, 0.15) is 0 Å². The van der Waals surface area contributed by atoms with Crippen molar-refractivity contribution in [2.45, 2.75) is 39.2 Å². The molecular formula is C21H26N2. The van der Waals surface area contributed by atoms with Crippen molar-refractivity contribution in [1.82, 2.24) is 0 Å². The molecule has 2 atom stereocenters. The molecule has 2 heteroatoms. The number of anilines is 1. The van der Waals surface area contributed by atoms with Crippen LogP contribution in [-0.4, -0.2) is 19.3 Å². The van der Waals surface area contributed by atoms with Gasteiger partial charge in [0.05, 0.1) is 5.69 Å². The maximum absolute atomic E-state index is 4.82. The third kappa shape index (κ3) is 3.64. The van der Waals surface area contributed by atoms with Crippen molar-refractivity contribution >= 4 is 17.6 Å². The van der Waals surface area contributed by atoms with E-state index in [1.165, 1.54) is 23.2 Å². The minimum Gasteiger partial charge on any atom is -0.372 e. The quantitative estimate of drug-likeness (QED) is 0.723. The van der Waals surface area contributed by atoms with Crippen LogP contribution in [0, 0.1) is 5.92 Å². The average molecular weight is 306 g/mol. The van der Waals surface area contributed by atoms with Crippen LogP contribution in [0.15, 0.2) is 53.5 Å². The Kier molecular flexibility index (Phi) is 4.80. The molecule has 0 bridgehead atoms. The van der Waals surface area contributed by atoms with Gasteiger partial charge in [-0.15, -0.1) is 0 Å². The predicted molar refractivity (Wildman–Crippen MR) is 100 cm³/mol. The third-order valence-electron chi connectivity index (χ3n) is 4.85. The summed E-state index contributed by atoms with van der Waals surface area (Å²) >= 11 is 0. The first-order chi connectivity index (χ1) is 11.1. The molecule has 0 N–H and O–H groups in total. The molecule has 0 saturated carbocycles. The first-order valence-electron chi connectivity index (χ1n) is 8.58. The molecule has 0 saturated heterocycles. The van der Waals surface area contributed by atoms with E-state index in [0.717, 1.165) is 18.5 Å². The molecular weight excluding hydrogens is 280 g/mol. The summed E-state index contributed by atoms with van der Waals surface area (Å²) in [5.74, 6) is 0.438. The van der Waals surface area contributed by atoms with Gasteiger partial charge in [0, 0.05) is 30.6 Å². The summed E-state index contributed by atoms with van der Waals surface area (Å²) in [4.78, 5) is 7.20. The zero-order chi connectivity index (χ0) is 16.2. The van der Waals surface area contributed by atoms with Crippen molar-refractivity contribution in [2.24, 2.45) is 10.9 Å². The standard InChI is InChI=1S/C21H26N2/c1-16(14-18-8-5-4-6-9-18)15-22-20-10-7-11-21-19(20)13-12-17(2)23(21)3/h4-11,15-17H,12-14H2,1-3H3/b22-15+/t16-,17?/m1/s1. The number of aliphatic imine (C=N–C) groups is 1. The molecule has 0 radical (unpaired) electrons. The van der Waals surface area contributed by atoms with Crippen molar-refractivity contribution in [3.05, 3.63) is 59.7 Å². The van der Waals surface area contributed by atoms with Crippen molar-refractivity contribution in [3.63, 3.8) is 0 Å². The Hall–Kier alpha value is -2.09. The molecule has 0 fully saturated rings. The largest absolute Gasteiger partial charge is 0.372 e. The second-order valence-electron chi connectivity index (χ2n) is 6.72. The van der Waals surface area contributed by atoms with Crippen molar-refractivity contribution in [2.75, 3.05) is 11.9 Å². The first kappa shape index (κ1) is 15.8. The van der Waals surface area contributed by atoms with E-state index in [2.05, 4.69) is 80.5 Å². The molecule has 3 rings (SSSR count). The monoisotopic (exact) mass is 306 g/mol. The fourth-order valence-electron chi connectivity index (χ4n) is 3.30. The summed E-state index contributed by atoms with van der Waals surface area (Å²) < 4.78 is 0. The van der Waals surface area contributed by atoms with Crippen LogP contribution in [0.4, 0.5) is 11.4 Å². The smallest absolute Gasteiger partial charge is 0.0678 e. The van der Waals surface area contributed by atoms with E-state index >= 15 is 0 Å². The van der Waals surface area contributed by atoms with E-state index in [0.29, 0.717) is 12.0 Å². The number of benzene rings is 2. The summed E-state index contributed by atoms with van der Waals surface area (Å²) in [6.07, 6.45) is 5.48. The lowest BCUT2D eigenvalue weighted by Gasteiger charge is -2.34. The van der Waals surface area contributed by atoms with E-state index in [-0.39, 0.29) is 0 Å². The highest BCUT2D eigenvalue weighted by atomic mass is 15.1. The normalized spacial score (nSPS) is 18.9. The molecule has 1 aliphatic heterocycles.